The number of fused-ring (bicyclic) bond motifs is 3. The van der Waals surface area contributed by atoms with Crippen LogP contribution in [-0.2, 0) is 0 Å². The van der Waals surface area contributed by atoms with Crippen LogP contribution in [0.2, 0.25) is 0 Å². The summed E-state index contributed by atoms with van der Waals surface area (Å²) in [6.07, 6.45) is 0. The van der Waals surface area contributed by atoms with E-state index in [0.717, 1.165) is 16.2 Å². The van der Waals surface area contributed by atoms with Crippen LogP contribution in [0.1, 0.15) is 0 Å². The second-order valence-corrected chi connectivity index (χ2v) is 3.54. The van der Waals surface area contributed by atoms with Gasteiger partial charge in [-0.3, -0.25) is 0 Å². The van der Waals surface area contributed by atoms with E-state index in [1.54, 1.807) is 12.1 Å². The van der Waals surface area contributed by atoms with Crippen LogP contribution in [0.4, 0.5) is 4.39 Å². The Labute approximate surface area is 87.0 Å². The molecule has 0 spiro atoms. The summed E-state index contributed by atoms with van der Waals surface area (Å²) in [6, 6.07) is 17.9. The van der Waals surface area contributed by atoms with Gasteiger partial charge < -0.3 is 0 Å². The van der Waals surface area contributed by atoms with Crippen LogP contribution in [0.3, 0.4) is 0 Å². The van der Waals surface area contributed by atoms with Crippen molar-refractivity contribution >= 4 is 21.5 Å². The summed E-state index contributed by atoms with van der Waals surface area (Å²) in [4.78, 5) is 0. The Morgan fingerprint density at radius 3 is 2.53 bits per heavy atom. The van der Waals surface area contributed by atoms with Crippen LogP contribution in [0.15, 0.2) is 48.5 Å². The zero-order valence-corrected chi connectivity index (χ0v) is 8.00. The molecule has 0 saturated carbocycles. The van der Waals surface area contributed by atoms with E-state index in [2.05, 4.69) is 6.07 Å². The zero-order valence-electron chi connectivity index (χ0n) is 8.00. The van der Waals surface area contributed by atoms with Crippen LogP contribution >= 0.6 is 0 Å². The Kier molecular flexibility index (Phi) is 1.72. The van der Waals surface area contributed by atoms with Crippen LogP contribution in [0.5, 0.6) is 0 Å². The summed E-state index contributed by atoms with van der Waals surface area (Å²) < 4.78 is 13.5. The summed E-state index contributed by atoms with van der Waals surface area (Å²) in [5, 5.41) is 3.66. The van der Waals surface area contributed by atoms with Gasteiger partial charge in [0.25, 0.3) is 0 Å². The Morgan fingerprint density at radius 1 is 0.800 bits per heavy atom. The molecule has 0 aliphatic rings. The lowest BCUT2D eigenvalue weighted by atomic mass is 10.0. The summed E-state index contributed by atoms with van der Waals surface area (Å²) in [5.74, 6) is -0.186. The van der Waals surface area contributed by atoms with Crippen molar-refractivity contribution < 1.29 is 4.39 Å². The number of rotatable bonds is 0. The third-order valence-corrected chi connectivity index (χ3v) is 2.64. The van der Waals surface area contributed by atoms with E-state index >= 15 is 0 Å². The maximum absolute atomic E-state index is 13.5. The Hall–Kier alpha value is -1.89. The van der Waals surface area contributed by atoms with Gasteiger partial charge in [0.1, 0.15) is 5.82 Å². The number of hydrogen-bond acceptors (Lipinski definition) is 0. The molecular weight excluding hydrogens is 187 g/mol. The predicted molar refractivity (Wildman–Crippen MR) is 60.2 cm³/mol. The summed E-state index contributed by atoms with van der Waals surface area (Å²) in [5.41, 5.74) is 0. The first-order valence-electron chi connectivity index (χ1n) is 4.84. The Balaban J connectivity index is 2.60. The molecule has 0 fully saturated rings. The van der Waals surface area contributed by atoms with E-state index < -0.39 is 0 Å². The van der Waals surface area contributed by atoms with E-state index in [1.165, 1.54) is 6.07 Å². The quantitative estimate of drug-likeness (QED) is 0.477. The predicted octanol–water partition coefficient (Wildman–Crippen LogP) is 3.93. The normalized spacial score (nSPS) is 11.0. The van der Waals surface area contributed by atoms with Crippen molar-refractivity contribution in [1.82, 2.24) is 0 Å². The van der Waals surface area contributed by atoms with Crippen LogP contribution in [-0.4, -0.2) is 0 Å². The first kappa shape index (κ1) is 8.42. The minimum absolute atomic E-state index is 0.186. The fourth-order valence-electron chi connectivity index (χ4n) is 1.91. The van der Waals surface area contributed by atoms with Gasteiger partial charge in [0, 0.05) is 5.39 Å². The van der Waals surface area contributed by atoms with Gasteiger partial charge in [-0.05, 0) is 34.4 Å². The highest BCUT2D eigenvalue weighted by atomic mass is 19.1. The molecule has 0 saturated heterocycles. The van der Waals surface area contributed by atoms with E-state index in [-0.39, 0.29) is 5.82 Å². The molecule has 0 amide bonds. The second-order valence-electron chi connectivity index (χ2n) is 3.54. The van der Waals surface area contributed by atoms with Crippen LogP contribution in [0.25, 0.3) is 21.5 Å². The van der Waals surface area contributed by atoms with Crippen molar-refractivity contribution in [3.63, 3.8) is 0 Å². The first-order valence-corrected chi connectivity index (χ1v) is 4.84. The van der Waals surface area contributed by atoms with Crippen molar-refractivity contribution in [3.05, 3.63) is 60.4 Å². The van der Waals surface area contributed by atoms with E-state index in [0.29, 0.717) is 5.39 Å². The molecule has 0 aromatic heterocycles. The van der Waals surface area contributed by atoms with Crippen LogP contribution < -0.4 is 0 Å². The van der Waals surface area contributed by atoms with E-state index in [1.807, 2.05) is 30.3 Å². The van der Waals surface area contributed by atoms with Crippen molar-refractivity contribution in [2.75, 3.05) is 0 Å². The molecule has 3 aromatic rings. The minimum atomic E-state index is -0.186. The van der Waals surface area contributed by atoms with Crippen molar-refractivity contribution in [2.24, 2.45) is 0 Å². The molecule has 3 rings (SSSR count). The standard InChI is InChI=1S/C14H8F/c15-14-7-3-6-12-11-5-2-1-4-10(11)8-9-13(12)14/h1-7,9H. The number of benzene rings is 3. The topological polar surface area (TPSA) is 0 Å². The van der Waals surface area contributed by atoms with Gasteiger partial charge in [-0.2, -0.15) is 0 Å². The van der Waals surface area contributed by atoms with Crippen molar-refractivity contribution in [2.45, 2.75) is 0 Å². The molecule has 3 aromatic carbocycles. The van der Waals surface area contributed by atoms with Gasteiger partial charge in [-0.15, -0.1) is 0 Å². The molecule has 0 N–H and O–H groups in total. The molecule has 0 atom stereocenters. The third-order valence-electron chi connectivity index (χ3n) is 2.64. The second kappa shape index (κ2) is 3.06. The molecule has 1 heteroatoms. The molecule has 15 heavy (non-hydrogen) atoms. The lowest BCUT2D eigenvalue weighted by molar-refractivity contribution is 0.640. The lowest BCUT2D eigenvalue weighted by Crippen LogP contribution is -1.81. The monoisotopic (exact) mass is 195 g/mol. The fourth-order valence-corrected chi connectivity index (χ4v) is 1.91. The Bertz CT molecular complexity index is 641. The highest BCUT2D eigenvalue weighted by Crippen LogP contribution is 2.26. The summed E-state index contributed by atoms with van der Waals surface area (Å²) >= 11 is 0. The summed E-state index contributed by atoms with van der Waals surface area (Å²) in [7, 11) is 0. The number of hydrogen-bond donors (Lipinski definition) is 0. The molecular formula is C14H8F. The molecule has 0 heterocycles. The van der Waals surface area contributed by atoms with Gasteiger partial charge in [-0.25, -0.2) is 4.39 Å². The average molecular weight is 195 g/mol. The van der Waals surface area contributed by atoms with E-state index in [9.17, 15) is 4.39 Å². The van der Waals surface area contributed by atoms with Gasteiger partial charge in [0.05, 0.1) is 0 Å². The molecule has 0 bridgehead atoms. The maximum atomic E-state index is 13.5. The number of halogens is 1. The molecule has 1 radical (unpaired) electrons. The first-order chi connectivity index (χ1) is 7.36. The molecule has 71 valence electrons. The largest absolute Gasteiger partial charge is 0.206 e. The van der Waals surface area contributed by atoms with Crippen LogP contribution in [0, 0.1) is 11.9 Å². The van der Waals surface area contributed by atoms with Gasteiger partial charge >= 0.3 is 0 Å². The Morgan fingerprint density at radius 2 is 1.60 bits per heavy atom. The molecule has 0 nitrogen and oxygen atoms in total. The highest BCUT2D eigenvalue weighted by Gasteiger charge is 2.03. The van der Waals surface area contributed by atoms with Crippen molar-refractivity contribution in [1.29, 1.82) is 0 Å². The summed E-state index contributed by atoms with van der Waals surface area (Å²) in [6.45, 7) is 0. The maximum Gasteiger partial charge on any atom is 0.131 e. The van der Waals surface area contributed by atoms with Gasteiger partial charge in [-0.1, -0.05) is 36.4 Å². The van der Waals surface area contributed by atoms with E-state index in [4.69, 9.17) is 0 Å². The SMILES string of the molecule is Fc1cccc2c1c[c]c1ccccc12. The smallest absolute Gasteiger partial charge is 0.131 e. The third kappa shape index (κ3) is 1.20. The lowest BCUT2D eigenvalue weighted by Gasteiger charge is -2.03. The fraction of sp³-hybridized carbons (Fsp3) is 0. The van der Waals surface area contributed by atoms with Crippen molar-refractivity contribution in [3.8, 4) is 0 Å². The highest BCUT2D eigenvalue weighted by molar-refractivity contribution is 6.07. The minimum Gasteiger partial charge on any atom is -0.206 e. The molecule has 0 aliphatic carbocycles. The van der Waals surface area contributed by atoms with Gasteiger partial charge in [0.2, 0.25) is 0 Å². The molecule has 0 aliphatic heterocycles. The molecule has 0 unspecified atom stereocenters. The van der Waals surface area contributed by atoms with Gasteiger partial charge in [0.15, 0.2) is 0 Å². The average Bonchev–Trinajstić information content (AvgIpc) is 2.29. The zero-order chi connectivity index (χ0) is 10.3.